The van der Waals surface area contributed by atoms with Crippen LogP contribution in [0.2, 0.25) is 0 Å². The van der Waals surface area contributed by atoms with E-state index in [0.29, 0.717) is 5.92 Å². The zero-order chi connectivity index (χ0) is 14.7. The summed E-state index contributed by atoms with van der Waals surface area (Å²) in [5.74, 6) is 6.51. The second-order valence-electron chi connectivity index (χ2n) is 6.86. The number of hydrazine groups is 1. The fourth-order valence-corrected chi connectivity index (χ4v) is 4.11. The Morgan fingerprint density at radius 2 is 2.19 bits per heavy atom. The highest BCUT2D eigenvalue weighted by molar-refractivity contribution is 5.32. The molecule has 3 nitrogen and oxygen atoms in total. The number of nitrogens with one attached hydrogen (secondary N) is 1. The van der Waals surface area contributed by atoms with Crippen molar-refractivity contribution in [3.63, 3.8) is 0 Å². The van der Waals surface area contributed by atoms with E-state index in [-0.39, 0.29) is 11.6 Å². The number of aryl methyl sites for hydroxylation is 1. The van der Waals surface area contributed by atoms with E-state index in [1.54, 1.807) is 0 Å². The number of hydrogen-bond acceptors (Lipinski definition) is 3. The fraction of sp³-hybridized carbons (Fsp3) is 0.667. The minimum absolute atomic E-state index is 0.112. The predicted molar refractivity (Wildman–Crippen MR) is 86.1 cm³/mol. The van der Waals surface area contributed by atoms with Crippen LogP contribution in [0.4, 0.5) is 0 Å². The van der Waals surface area contributed by atoms with Gasteiger partial charge in [-0.3, -0.25) is 11.3 Å². The zero-order valence-electron chi connectivity index (χ0n) is 13.1. The molecule has 2 aliphatic rings. The summed E-state index contributed by atoms with van der Waals surface area (Å²) in [5.41, 5.74) is 6.01. The van der Waals surface area contributed by atoms with Crippen LogP contribution in [0, 0.1) is 0 Å². The maximum absolute atomic E-state index is 6.11. The summed E-state index contributed by atoms with van der Waals surface area (Å²) in [5, 5.41) is 0. The van der Waals surface area contributed by atoms with Gasteiger partial charge in [-0.1, -0.05) is 24.3 Å². The Morgan fingerprint density at radius 1 is 1.33 bits per heavy atom. The van der Waals surface area contributed by atoms with Gasteiger partial charge in [0.05, 0.1) is 11.6 Å². The number of fused-ring (bicyclic) bond motifs is 1. The van der Waals surface area contributed by atoms with Crippen LogP contribution in [0.5, 0.6) is 0 Å². The number of hydrogen-bond donors (Lipinski definition) is 2. The molecule has 0 aromatic heterocycles. The molecule has 3 unspecified atom stereocenters. The molecule has 1 aromatic rings. The van der Waals surface area contributed by atoms with Crippen LogP contribution in [0.25, 0.3) is 0 Å². The maximum atomic E-state index is 6.11. The van der Waals surface area contributed by atoms with E-state index in [0.717, 1.165) is 19.4 Å². The lowest BCUT2D eigenvalue weighted by Crippen LogP contribution is -2.55. The summed E-state index contributed by atoms with van der Waals surface area (Å²) in [6, 6.07) is 9.14. The van der Waals surface area contributed by atoms with Crippen molar-refractivity contribution in [2.24, 2.45) is 5.84 Å². The standard InChI is InChI=1S/C18H28N2O/c1-18(11-4-5-12-21-18)17(20-19)13-15-9-6-8-14-7-2-3-10-16(14)15/h2-3,7,10,15,17,20H,4-6,8-9,11-13,19H2,1H3. The lowest BCUT2D eigenvalue weighted by atomic mass is 9.76. The number of benzene rings is 1. The van der Waals surface area contributed by atoms with Crippen LogP contribution >= 0.6 is 0 Å². The minimum Gasteiger partial charge on any atom is -0.374 e. The average molecular weight is 288 g/mol. The minimum atomic E-state index is -0.112. The molecule has 0 bridgehead atoms. The topological polar surface area (TPSA) is 47.3 Å². The normalized spacial score (nSPS) is 30.7. The molecule has 21 heavy (non-hydrogen) atoms. The van der Waals surface area contributed by atoms with Crippen molar-refractivity contribution in [3.8, 4) is 0 Å². The molecule has 1 saturated heterocycles. The third-order valence-electron chi connectivity index (χ3n) is 5.45. The van der Waals surface area contributed by atoms with Gasteiger partial charge in [-0.2, -0.15) is 0 Å². The number of ether oxygens (including phenoxy) is 1. The Bertz CT molecular complexity index is 468. The second-order valence-corrected chi connectivity index (χ2v) is 6.86. The van der Waals surface area contributed by atoms with E-state index in [1.165, 1.54) is 43.2 Å². The van der Waals surface area contributed by atoms with Crippen molar-refractivity contribution < 1.29 is 4.74 Å². The molecule has 0 amide bonds. The molecule has 0 spiro atoms. The van der Waals surface area contributed by atoms with Gasteiger partial charge < -0.3 is 4.74 Å². The predicted octanol–water partition coefficient (Wildman–Crippen LogP) is 3.29. The Hall–Kier alpha value is -0.900. The highest BCUT2D eigenvalue weighted by Crippen LogP contribution is 2.38. The molecule has 1 fully saturated rings. The molecule has 1 aromatic carbocycles. The summed E-state index contributed by atoms with van der Waals surface area (Å²) in [6.07, 6.45) is 8.39. The number of nitrogens with two attached hydrogens (primary N) is 1. The van der Waals surface area contributed by atoms with E-state index in [4.69, 9.17) is 10.6 Å². The summed E-state index contributed by atoms with van der Waals surface area (Å²) in [4.78, 5) is 0. The lowest BCUT2D eigenvalue weighted by molar-refractivity contribution is -0.0914. The molecule has 116 valence electrons. The third-order valence-corrected chi connectivity index (χ3v) is 5.45. The van der Waals surface area contributed by atoms with E-state index >= 15 is 0 Å². The van der Waals surface area contributed by atoms with Crippen molar-refractivity contribution in [1.29, 1.82) is 0 Å². The Labute approximate surface area is 128 Å². The largest absolute Gasteiger partial charge is 0.374 e. The van der Waals surface area contributed by atoms with Crippen molar-refractivity contribution >= 4 is 0 Å². The van der Waals surface area contributed by atoms with Gasteiger partial charge in [-0.15, -0.1) is 0 Å². The monoisotopic (exact) mass is 288 g/mol. The Balaban J connectivity index is 1.76. The molecular formula is C18H28N2O. The van der Waals surface area contributed by atoms with Crippen LogP contribution in [-0.4, -0.2) is 18.2 Å². The first-order valence-corrected chi connectivity index (χ1v) is 8.41. The van der Waals surface area contributed by atoms with Crippen molar-refractivity contribution in [1.82, 2.24) is 5.43 Å². The second kappa shape index (κ2) is 6.47. The molecule has 3 rings (SSSR count). The van der Waals surface area contributed by atoms with Crippen molar-refractivity contribution in [2.45, 2.75) is 69.4 Å². The SMILES string of the molecule is CC1(C(CC2CCCc3ccccc32)NN)CCCCO1. The van der Waals surface area contributed by atoms with Crippen LogP contribution < -0.4 is 11.3 Å². The zero-order valence-corrected chi connectivity index (χ0v) is 13.1. The van der Waals surface area contributed by atoms with Gasteiger partial charge in [0.2, 0.25) is 0 Å². The van der Waals surface area contributed by atoms with Crippen molar-refractivity contribution in [3.05, 3.63) is 35.4 Å². The summed E-state index contributed by atoms with van der Waals surface area (Å²) >= 11 is 0. The average Bonchev–Trinajstić information content (AvgIpc) is 2.53. The molecular weight excluding hydrogens is 260 g/mol. The smallest absolute Gasteiger partial charge is 0.0820 e. The van der Waals surface area contributed by atoms with Gasteiger partial charge in [0, 0.05) is 6.61 Å². The quantitative estimate of drug-likeness (QED) is 0.660. The van der Waals surface area contributed by atoms with Gasteiger partial charge in [0.25, 0.3) is 0 Å². The van der Waals surface area contributed by atoms with Crippen LogP contribution in [0.15, 0.2) is 24.3 Å². The lowest BCUT2D eigenvalue weighted by Gasteiger charge is -2.42. The van der Waals surface area contributed by atoms with E-state index in [9.17, 15) is 0 Å². The van der Waals surface area contributed by atoms with Crippen LogP contribution in [-0.2, 0) is 11.2 Å². The highest BCUT2D eigenvalue weighted by Gasteiger charge is 2.38. The van der Waals surface area contributed by atoms with Gasteiger partial charge in [-0.05, 0) is 68.9 Å². The molecule has 0 radical (unpaired) electrons. The first kappa shape index (κ1) is 15.0. The molecule has 3 heteroatoms. The molecule has 1 aliphatic carbocycles. The van der Waals surface area contributed by atoms with Gasteiger partial charge in [0.1, 0.15) is 0 Å². The van der Waals surface area contributed by atoms with E-state index < -0.39 is 0 Å². The highest BCUT2D eigenvalue weighted by atomic mass is 16.5. The Morgan fingerprint density at radius 3 is 2.95 bits per heavy atom. The third kappa shape index (κ3) is 3.15. The summed E-state index contributed by atoms with van der Waals surface area (Å²) in [7, 11) is 0. The molecule has 3 N–H and O–H groups in total. The van der Waals surface area contributed by atoms with Crippen LogP contribution in [0.3, 0.4) is 0 Å². The first-order chi connectivity index (χ1) is 10.2. The molecule has 0 saturated carbocycles. The van der Waals surface area contributed by atoms with E-state index in [1.807, 2.05) is 0 Å². The van der Waals surface area contributed by atoms with Crippen LogP contribution in [0.1, 0.15) is 62.5 Å². The maximum Gasteiger partial charge on any atom is 0.0820 e. The molecule has 1 aliphatic heterocycles. The fourth-order valence-electron chi connectivity index (χ4n) is 4.11. The Kier molecular flexibility index (Phi) is 4.63. The summed E-state index contributed by atoms with van der Waals surface area (Å²) < 4.78 is 6.11. The van der Waals surface area contributed by atoms with Gasteiger partial charge >= 0.3 is 0 Å². The first-order valence-electron chi connectivity index (χ1n) is 8.41. The molecule has 1 heterocycles. The van der Waals surface area contributed by atoms with Gasteiger partial charge in [0.15, 0.2) is 0 Å². The molecule has 3 atom stereocenters. The summed E-state index contributed by atoms with van der Waals surface area (Å²) in [6.45, 7) is 3.10. The van der Waals surface area contributed by atoms with Gasteiger partial charge in [-0.25, -0.2) is 0 Å². The number of rotatable bonds is 4. The van der Waals surface area contributed by atoms with Crippen molar-refractivity contribution in [2.75, 3.05) is 6.61 Å². The van der Waals surface area contributed by atoms with E-state index in [2.05, 4.69) is 36.6 Å².